The second-order valence-electron chi connectivity index (χ2n) is 5.20. The molecule has 0 aliphatic heterocycles. The highest BCUT2D eigenvalue weighted by atomic mass is 32.1. The monoisotopic (exact) mass is 280 g/mol. The summed E-state index contributed by atoms with van der Waals surface area (Å²) in [6.07, 6.45) is 0.770. The van der Waals surface area contributed by atoms with Gasteiger partial charge >= 0.3 is 0 Å². The van der Waals surface area contributed by atoms with Crippen molar-refractivity contribution in [3.8, 4) is 5.75 Å². The lowest BCUT2D eigenvalue weighted by molar-refractivity contribution is 0.242. The highest BCUT2D eigenvalue weighted by molar-refractivity contribution is 7.80. The van der Waals surface area contributed by atoms with Gasteiger partial charge in [-0.1, -0.05) is 38.2 Å². The molecule has 0 bridgehead atoms. The summed E-state index contributed by atoms with van der Waals surface area (Å²) >= 11 is 4.96. The fourth-order valence-electron chi connectivity index (χ4n) is 2.05. The number of rotatable bonds is 8. The summed E-state index contributed by atoms with van der Waals surface area (Å²) in [7, 11) is 1.69. The van der Waals surface area contributed by atoms with Gasteiger partial charge in [0.25, 0.3) is 0 Å². The molecular weight excluding hydrogens is 256 g/mol. The van der Waals surface area contributed by atoms with Crippen molar-refractivity contribution in [2.24, 2.45) is 11.7 Å². The minimum Gasteiger partial charge on any atom is -0.497 e. The zero-order valence-electron chi connectivity index (χ0n) is 12.1. The molecular formula is C15H24N2OS. The molecule has 0 atom stereocenters. The lowest BCUT2D eigenvalue weighted by Gasteiger charge is -2.24. The molecule has 0 spiro atoms. The van der Waals surface area contributed by atoms with E-state index in [0.29, 0.717) is 10.9 Å². The van der Waals surface area contributed by atoms with Crippen molar-refractivity contribution in [2.75, 3.05) is 20.2 Å². The molecule has 0 radical (unpaired) electrons. The molecule has 0 aliphatic carbocycles. The highest BCUT2D eigenvalue weighted by Crippen LogP contribution is 2.15. The third kappa shape index (κ3) is 6.55. The second-order valence-corrected chi connectivity index (χ2v) is 5.72. The van der Waals surface area contributed by atoms with E-state index in [4.69, 9.17) is 22.7 Å². The van der Waals surface area contributed by atoms with Crippen LogP contribution in [0.4, 0.5) is 0 Å². The van der Waals surface area contributed by atoms with Gasteiger partial charge in [0.05, 0.1) is 12.1 Å². The molecule has 0 fully saturated rings. The van der Waals surface area contributed by atoms with Gasteiger partial charge in [-0.05, 0) is 23.6 Å². The van der Waals surface area contributed by atoms with E-state index in [1.54, 1.807) is 7.11 Å². The molecule has 3 nitrogen and oxygen atoms in total. The standard InChI is InChI=1S/C15H24N2OS/c1-12(2)10-17(8-7-15(16)19)11-13-5-4-6-14(9-13)18-3/h4-6,9,12H,7-8,10-11H2,1-3H3,(H2,16,19). The topological polar surface area (TPSA) is 38.5 Å². The van der Waals surface area contributed by atoms with Gasteiger partial charge in [-0.15, -0.1) is 0 Å². The van der Waals surface area contributed by atoms with Crippen molar-refractivity contribution in [1.29, 1.82) is 0 Å². The van der Waals surface area contributed by atoms with E-state index < -0.39 is 0 Å². The first-order valence-electron chi connectivity index (χ1n) is 6.65. The van der Waals surface area contributed by atoms with Crippen LogP contribution < -0.4 is 10.5 Å². The summed E-state index contributed by atoms with van der Waals surface area (Å²) in [4.78, 5) is 2.97. The zero-order chi connectivity index (χ0) is 14.3. The molecule has 19 heavy (non-hydrogen) atoms. The van der Waals surface area contributed by atoms with E-state index >= 15 is 0 Å². The fourth-order valence-corrected chi connectivity index (χ4v) is 2.14. The molecule has 0 heterocycles. The first-order chi connectivity index (χ1) is 9.01. The van der Waals surface area contributed by atoms with Gasteiger partial charge < -0.3 is 10.5 Å². The van der Waals surface area contributed by atoms with E-state index in [1.165, 1.54) is 5.56 Å². The van der Waals surface area contributed by atoms with Gasteiger partial charge in [-0.3, -0.25) is 4.90 Å². The molecule has 2 N–H and O–H groups in total. The third-order valence-corrected chi connectivity index (χ3v) is 3.04. The normalized spacial score (nSPS) is 11.0. The maximum absolute atomic E-state index is 5.60. The number of nitrogens with zero attached hydrogens (tertiary/aromatic N) is 1. The Labute approximate surface area is 121 Å². The van der Waals surface area contributed by atoms with Crippen molar-refractivity contribution in [1.82, 2.24) is 4.90 Å². The molecule has 4 heteroatoms. The average Bonchev–Trinajstić information content (AvgIpc) is 2.35. The Balaban J connectivity index is 2.66. The molecule has 1 aromatic carbocycles. The minimum atomic E-state index is 0.583. The quantitative estimate of drug-likeness (QED) is 0.743. The van der Waals surface area contributed by atoms with Crippen LogP contribution in [0, 0.1) is 5.92 Å². The number of hydrogen-bond donors (Lipinski definition) is 1. The maximum atomic E-state index is 5.60. The van der Waals surface area contributed by atoms with Crippen LogP contribution in [0.5, 0.6) is 5.75 Å². The van der Waals surface area contributed by atoms with Crippen molar-refractivity contribution in [2.45, 2.75) is 26.8 Å². The van der Waals surface area contributed by atoms with Gasteiger partial charge in [-0.2, -0.15) is 0 Å². The Bertz CT molecular complexity index is 407. The smallest absolute Gasteiger partial charge is 0.119 e. The average molecular weight is 280 g/mol. The SMILES string of the molecule is COc1cccc(CN(CCC(N)=S)CC(C)C)c1. The van der Waals surface area contributed by atoms with Crippen LogP contribution in [0.2, 0.25) is 0 Å². The van der Waals surface area contributed by atoms with Gasteiger partial charge in [-0.25, -0.2) is 0 Å². The predicted molar refractivity (Wildman–Crippen MR) is 84.5 cm³/mol. The van der Waals surface area contributed by atoms with Crippen molar-refractivity contribution in [3.63, 3.8) is 0 Å². The van der Waals surface area contributed by atoms with Crippen molar-refractivity contribution < 1.29 is 4.74 Å². The van der Waals surface area contributed by atoms with Crippen LogP contribution in [0.15, 0.2) is 24.3 Å². The molecule has 0 saturated carbocycles. The molecule has 1 aromatic rings. The molecule has 0 saturated heterocycles. The van der Waals surface area contributed by atoms with E-state index in [0.717, 1.165) is 31.8 Å². The summed E-state index contributed by atoms with van der Waals surface area (Å²) < 4.78 is 5.26. The summed E-state index contributed by atoms with van der Waals surface area (Å²) in [5.41, 5.74) is 6.85. The van der Waals surface area contributed by atoms with Gasteiger partial charge in [0.2, 0.25) is 0 Å². The predicted octanol–water partition coefficient (Wildman–Crippen LogP) is 2.83. The second kappa shape index (κ2) is 8.12. The van der Waals surface area contributed by atoms with E-state index in [2.05, 4.69) is 30.9 Å². The molecule has 0 aliphatic rings. The number of benzene rings is 1. The number of methoxy groups -OCH3 is 1. The summed E-state index contributed by atoms with van der Waals surface area (Å²) in [5.74, 6) is 1.52. The van der Waals surface area contributed by atoms with Gasteiger partial charge in [0, 0.05) is 26.1 Å². The largest absolute Gasteiger partial charge is 0.497 e. The number of ether oxygens (including phenoxy) is 1. The van der Waals surface area contributed by atoms with Crippen molar-refractivity contribution in [3.05, 3.63) is 29.8 Å². The molecule has 1 rings (SSSR count). The first kappa shape index (κ1) is 15.9. The Morgan fingerprint density at radius 3 is 2.74 bits per heavy atom. The van der Waals surface area contributed by atoms with Crippen LogP contribution in [0.25, 0.3) is 0 Å². The molecule has 0 amide bonds. The number of nitrogens with two attached hydrogens (primary N) is 1. The first-order valence-corrected chi connectivity index (χ1v) is 7.05. The Hall–Kier alpha value is -1.13. The Kier molecular flexibility index (Phi) is 6.81. The van der Waals surface area contributed by atoms with Crippen LogP contribution in [-0.4, -0.2) is 30.1 Å². The summed E-state index contributed by atoms with van der Waals surface area (Å²) in [6, 6.07) is 8.19. The van der Waals surface area contributed by atoms with Gasteiger partial charge in [0.1, 0.15) is 5.75 Å². The highest BCUT2D eigenvalue weighted by Gasteiger charge is 2.09. The van der Waals surface area contributed by atoms with Gasteiger partial charge in [0.15, 0.2) is 0 Å². The van der Waals surface area contributed by atoms with Crippen LogP contribution >= 0.6 is 12.2 Å². The van der Waals surface area contributed by atoms with Crippen LogP contribution in [0.3, 0.4) is 0 Å². The van der Waals surface area contributed by atoms with Crippen LogP contribution in [0.1, 0.15) is 25.8 Å². The summed E-state index contributed by atoms with van der Waals surface area (Å²) in [6.45, 7) is 7.29. The lowest BCUT2D eigenvalue weighted by atomic mass is 10.1. The lowest BCUT2D eigenvalue weighted by Crippen LogP contribution is -2.30. The fraction of sp³-hybridized carbons (Fsp3) is 0.533. The third-order valence-electron chi connectivity index (χ3n) is 2.84. The molecule has 0 unspecified atom stereocenters. The Morgan fingerprint density at radius 2 is 2.16 bits per heavy atom. The van der Waals surface area contributed by atoms with E-state index in [1.807, 2.05) is 12.1 Å². The van der Waals surface area contributed by atoms with Crippen molar-refractivity contribution >= 4 is 17.2 Å². The van der Waals surface area contributed by atoms with E-state index in [-0.39, 0.29) is 0 Å². The van der Waals surface area contributed by atoms with Crippen LogP contribution in [-0.2, 0) is 6.54 Å². The number of hydrogen-bond acceptors (Lipinski definition) is 3. The minimum absolute atomic E-state index is 0.583. The molecule has 106 valence electrons. The molecule has 0 aromatic heterocycles. The maximum Gasteiger partial charge on any atom is 0.119 e. The zero-order valence-corrected chi connectivity index (χ0v) is 12.9. The summed E-state index contributed by atoms with van der Waals surface area (Å²) in [5, 5.41) is 0. The number of thiocarbonyl (C=S) groups is 1. The Morgan fingerprint density at radius 1 is 1.42 bits per heavy atom. The van der Waals surface area contributed by atoms with E-state index in [9.17, 15) is 0 Å².